The van der Waals surface area contributed by atoms with Crippen molar-refractivity contribution in [2.45, 2.75) is 0 Å². The fourth-order valence-corrected chi connectivity index (χ4v) is 3.32. The second-order valence-corrected chi connectivity index (χ2v) is 7.84. The van der Waals surface area contributed by atoms with Gasteiger partial charge in [0.2, 0.25) is 0 Å². The van der Waals surface area contributed by atoms with E-state index < -0.39 is 70.2 Å². The first-order chi connectivity index (χ1) is 20.0. The van der Waals surface area contributed by atoms with Crippen LogP contribution in [0.2, 0.25) is 0 Å². The molecule has 0 aliphatic rings. The highest BCUT2D eigenvalue weighted by Crippen LogP contribution is 2.18. The highest BCUT2D eigenvalue weighted by molar-refractivity contribution is 6.14. The Morgan fingerprint density at radius 2 is 0.667 bits per heavy atom. The highest BCUT2D eigenvalue weighted by atomic mass is 16.4. The van der Waals surface area contributed by atoms with Crippen LogP contribution < -0.4 is 16.0 Å². The van der Waals surface area contributed by atoms with E-state index in [1.54, 1.807) is 0 Å². The number of carbonyl (C=O) groups excluding carboxylic acids is 3. The van der Waals surface area contributed by atoms with Crippen LogP contribution in [0, 0.1) is 0 Å². The van der Waals surface area contributed by atoms with Crippen molar-refractivity contribution in [1.82, 2.24) is 29.9 Å². The zero-order chi connectivity index (χ0) is 30.4. The van der Waals surface area contributed by atoms with Gasteiger partial charge in [0.05, 0.1) is 0 Å². The van der Waals surface area contributed by atoms with E-state index in [9.17, 15) is 44.1 Å². The Hall–Kier alpha value is -6.72. The minimum absolute atomic E-state index is 0.356. The van der Waals surface area contributed by atoms with E-state index in [-0.39, 0.29) is 16.7 Å². The smallest absolute Gasteiger partial charge is 0.358 e. The van der Waals surface area contributed by atoms with Gasteiger partial charge in [0.15, 0.2) is 34.5 Å². The number of nitrogens with zero attached hydrogens (tertiary/aromatic N) is 6. The molecule has 4 aromatic rings. The van der Waals surface area contributed by atoms with Crippen molar-refractivity contribution >= 4 is 53.1 Å². The number of amides is 3. The summed E-state index contributed by atoms with van der Waals surface area (Å²) in [6.45, 7) is 0. The van der Waals surface area contributed by atoms with Gasteiger partial charge in [-0.1, -0.05) is 0 Å². The topological polar surface area (TPSA) is 277 Å². The minimum atomic E-state index is -1.50. The number of rotatable bonds is 9. The van der Waals surface area contributed by atoms with Crippen LogP contribution >= 0.6 is 0 Å². The van der Waals surface area contributed by atoms with Gasteiger partial charge in [0, 0.05) is 53.9 Å². The predicted octanol–water partition coefficient (Wildman–Crippen LogP) is 0.908. The Kier molecular flexibility index (Phi) is 8.07. The highest BCUT2D eigenvalue weighted by Gasteiger charge is 2.23. The molecular weight excluding hydrogens is 558 g/mol. The van der Waals surface area contributed by atoms with Crippen molar-refractivity contribution in [3.63, 3.8) is 0 Å². The molecule has 6 N–H and O–H groups in total. The first-order valence-corrected chi connectivity index (χ1v) is 11.3. The van der Waals surface area contributed by atoms with E-state index in [0.29, 0.717) is 0 Å². The SMILES string of the molecule is O=C(Nc1nccnc1C(=O)O)c1cc(C(=O)Nc2nccnc2C(=O)O)cc(C(=O)Nc2nccnc2C(=O)O)c1. The molecule has 0 saturated heterocycles. The number of hydrogen-bond acceptors (Lipinski definition) is 12. The zero-order valence-corrected chi connectivity index (χ0v) is 20.7. The molecule has 18 heteroatoms. The van der Waals surface area contributed by atoms with E-state index in [1.807, 2.05) is 0 Å². The minimum Gasteiger partial charge on any atom is -0.476 e. The molecule has 0 saturated carbocycles. The molecule has 1 aromatic carbocycles. The van der Waals surface area contributed by atoms with Gasteiger partial charge in [-0.15, -0.1) is 0 Å². The number of carboxylic acid groups (broad SMARTS) is 3. The summed E-state index contributed by atoms with van der Waals surface area (Å²) >= 11 is 0. The summed E-state index contributed by atoms with van der Waals surface area (Å²) in [4.78, 5) is 95.9. The van der Waals surface area contributed by atoms with E-state index >= 15 is 0 Å². The molecule has 0 aliphatic carbocycles. The summed E-state index contributed by atoms with van der Waals surface area (Å²) in [5.41, 5.74) is -2.85. The number of carboxylic acids is 3. The van der Waals surface area contributed by atoms with Crippen LogP contribution in [0.25, 0.3) is 0 Å². The first-order valence-electron chi connectivity index (χ1n) is 11.3. The molecule has 0 spiro atoms. The maximum Gasteiger partial charge on any atom is 0.358 e. The van der Waals surface area contributed by atoms with Crippen molar-refractivity contribution in [2.75, 3.05) is 16.0 Å². The van der Waals surface area contributed by atoms with Gasteiger partial charge in [-0.3, -0.25) is 14.4 Å². The molecule has 0 aliphatic heterocycles. The lowest BCUT2D eigenvalue weighted by Gasteiger charge is -2.12. The predicted molar refractivity (Wildman–Crippen MR) is 137 cm³/mol. The van der Waals surface area contributed by atoms with Gasteiger partial charge in [-0.05, 0) is 18.2 Å². The van der Waals surface area contributed by atoms with Crippen LogP contribution in [0.3, 0.4) is 0 Å². The van der Waals surface area contributed by atoms with E-state index in [1.165, 1.54) is 0 Å². The average Bonchev–Trinajstić information content (AvgIpc) is 2.97. The molecular formula is C24H15N9O9. The quantitative estimate of drug-likeness (QED) is 0.162. The maximum atomic E-state index is 13.1. The molecule has 0 bridgehead atoms. The van der Waals surface area contributed by atoms with E-state index in [2.05, 4.69) is 45.9 Å². The summed E-state index contributed by atoms with van der Waals surface area (Å²) in [7, 11) is 0. The molecule has 0 radical (unpaired) electrons. The Bertz CT molecular complexity index is 1560. The van der Waals surface area contributed by atoms with Crippen molar-refractivity contribution in [3.8, 4) is 0 Å². The van der Waals surface area contributed by atoms with Crippen LogP contribution in [-0.4, -0.2) is 80.9 Å². The molecule has 0 unspecified atom stereocenters. The third-order valence-electron chi connectivity index (χ3n) is 5.12. The van der Waals surface area contributed by atoms with Gasteiger partial charge in [0.25, 0.3) is 17.7 Å². The van der Waals surface area contributed by atoms with Crippen LogP contribution in [0.1, 0.15) is 62.5 Å². The number of aromatic carboxylic acids is 3. The number of carbonyl (C=O) groups is 6. The Labute approximate surface area is 232 Å². The third-order valence-corrected chi connectivity index (χ3v) is 5.12. The van der Waals surface area contributed by atoms with Crippen LogP contribution in [-0.2, 0) is 0 Å². The summed E-state index contributed by atoms with van der Waals surface area (Å²) in [5, 5.41) is 34.7. The summed E-state index contributed by atoms with van der Waals surface area (Å²) in [6.07, 6.45) is 6.61. The van der Waals surface area contributed by atoms with Gasteiger partial charge in [-0.25, -0.2) is 44.3 Å². The molecule has 3 amide bonds. The van der Waals surface area contributed by atoms with Gasteiger partial charge in [-0.2, -0.15) is 0 Å². The monoisotopic (exact) mass is 573 g/mol. The lowest BCUT2D eigenvalue weighted by molar-refractivity contribution is 0.0680. The molecule has 0 atom stereocenters. The van der Waals surface area contributed by atoms with Gasteiger partial charge in [0.1, 0.15) is 0 Å². The number of anilines is 3. The van der Waals surface area contributed by atoms with E-state index in [0.717, 1.165) is 55.4 Å². The molecule has 18 nitrogen and oxygen atoms in total. The fraction of sp³-hybridized carbons (Fsp3) is 0. The summed E-state index contributed by atoms with van der Waals surface area (Å²) in [5.74, 6) is -8.85. The molecule has 3 heterocycles. The first kappa shape index (κ1) is 28.3. The van der Waals surface area contributed by atoms with Crippen molar-refractivity contribution in [1.29, 1.82) is 0 Å². The van der Waals surface area contributed by atoms with Crippen LogP contribution in [0.4, 0.5) is 17.5 Å². The molecule has 3 aromatic heterocycles. The van der Waals surface area contributed by atoms with Crippen LogP contribution in [0.5, 0.6) is 0 Å². The Morgan fingerprint density at radius 1 is 0.429 bits per heavy atom. The van der Waals surface area contributed by atoms with Crippen molar-refractivity contribution in [3.05, 3.63) is 89.2 Å². The number of aromatic nitrogens is 6. The molecule has 42 heavy (non-hydrogen) atoms. The standard InChI is InChI=1S/C24H15N9O9/c34-19(31-16-13(22(37)38)25-1-4-28-16)10-7-11(20(35)32-17-14(23(39)40)26-2-5-29-17)9-12(8-10)21(36)33-18-15(24(41)42)27-3-6-30-18/h1-9H,(H,37,38)(H,39,40)(H,41,42)(H,28,31,34)(H,29,32,35)(H,30,33,36). The second-order valence-electron chi connectivity index (χ2n) is 7.84. The number of hydrogen-bond donors (Lipinski definition) is 6. The summed E-state index contributed by atoms with van der Waals surface area (Å²) in [6, 6.07) is 3.04. The van der Waals surface area contributed by atoms with E-state index in [4.69, 9.17) is 0 Å². The second kappa shape index (κ2) is 12.0. The lowest BCUT2D eigenvalue weighted by atomic mass is 10.0. The normalized spacial score (nSPS) is 10.3. The number of nitrogens with one attached hydrogen (secondary N) is 3. The lowest BCUT2D eigenvalue weighted by Crippen LogP contribution is -2.22. The van der Waals surface area contributed by atoms with Gasteiger partial charge >= 0.3 is 17.9 Å². The Balaban J connectivity index is 1.74. The molecule has 210 valence electrons. The molecule has 0 fully saturated rings. The number of benzene rings is 1. The largest absolute Gasteiger partial charge is 0.476 e. The Morgan fingerprint density at radius 3 is 0.905 bits per heavy atom. The average molecular weight is 573 g/mol. The maximum absolute atomic E-state index is 13.1. The van der Waals surface area contributed by atoms with Crippen molar-refractivity contribution < 1.29 is 44.1 Å². The summed E-state index contributed by atoms with van der Waals surface area (Å²) < 4.78 is 0. The zero-order valence-electron chi connectivity index (χ0n) is 20.7. The fourth-order valence-electron chi connectivity index (χ4n) is 3.32. The third kappa shape index (κ3) is 6.29. The van der Waals surface area contributed by atoms with Crippen LogP contribution in [0.15, 0.2) is 55.4 Å². The van der Waals surface area contributed by atoms with Gasteiger partial charge < -0.3 is 31.3 Å². The molecule has 4 rings (SSSR count). The van der Waals surface area contributed by atoms with Crippen molar-refractivity contribution in [2.24, 2.45) is 0 Å².